The zero-order valence-corrected chi connectivity index (χ0v) is 18.3. The van der Waals surface area contributed by atoms with Gasteiger partial charge in [0.2, 0.25) is 5.91 Å². The molecule has 4 heterocycles. The number of rotatable bonds is 6. The third-order valence-electron chi connectivity index (χ3n) is 7.12. The molecule has 2 aliphatic rings. The highest BCUT2D eigenvalue weighted by molar-refractivity contribution is 6.01. The van der Waals surface area contributed by atoms with Crippen LogP contribution in [0.5, 0.6) is 0 Å². The minimum atomic E-state index is 0.0180. The molecule has 3 aromatic rings. The molecule has 0 atom stereocenters. The monoisotopic (exact) mass is 434 g/mol. The number of hydrogen-bond donors (Lipinski definition) is 2. The minimum Gasteiger partial charge on any atom is -0.381 e. The van der Waals surface area contributed by atoms with Crippen LogP contribution in [0.15, 0.2) is 18.5 Å². The number of ether oxygens (including phenoxy) is 1. The van der Waals surface area contributed by atoms with Gasteiger partial charge in [-0.25, -0.2) is 9.97 Å². The van der Waals surface area contributed by atoms with Crippen molar-refractivity contribution in [2.24, 2.45) is 11.8 Å². The second-order valence-corrected chi connectivity index (χ2v) is 9.20. The van der Waals surface area contributed by atoms with Crippen LogP contribution < -0.4 is 5.32 Å². The minimum absolute atomic E-state index is 0.0180. The van der Waals surface area contributed by atoms with Gasteiger partial charge in [0.25, 0.3) is 0 Å². The van der Waals surface area contributed by atoms with Gasteiger partial charge < -0.3 is 19.6 Å². The van der Waals surface area contributed by atoms with Crippen LogP contribution in [0.3, 0.4) is 0 Å². The maximum Gasteiger partial charge on any atom is 0.227 e. The largest absolute Gasteiger partial charge is 0.381 e. The molecule has 32 heavy (non-hydrogen) atoms. The first kappa shape index (κ1) is 21.0. The van der Waals surface area contributed by atoms with Gasteiger partial charge in [0, 0.05) is 43.8 Å². The fourth-order valence-electron chi connectivity index (χ4n) is 5.31. The molecule has 1 amide bonds. The molecule has 2 N–H and O–H groups in total. The van der Waals surface area contributed by atoms with Crippen LogP contribution in [-0.4, -0.2) is 45.2 Å². The number of hydrogen-bond acceptors (Lipinski definition) is 5. The SMILES string of the molecule is N#CCC1CCC(n2c(CC(=O)NCC3CCOCC3)nc3cnc4[nH]ccc4c32)CC1. The lowest BCUT2D eigenvalue weighted by atomic mass is 9.84. The lowest BCUT2D eigenvalue weighted by molar-refractivity contribution is -0.120. The number of nitrogens with one attached hydrogen (secondary N) is 2. The molecule has 2 fully saturated rings. The average Bonchev–Trinajstić information content (AvgIpc) is 3.43. The van der Waals surface area contributed by atoms with Gasteiger partial charge in [-0.2, -0.15) is 5.26 Å². The standard InChI is InChI=1S/C24H30N6O2/c25-9-5-16-1-3-18(4-2-16)30-21(13-22(31)27-14-17-7-11-32-12-8-17)29-20-15-28-24-19(23(20)30)6-10-26-24/h6,10,15-18H,1-5,7-8,11-14H2,(H,26,28)(H,27,31). The Morgan fingerprint density at radius 1 is 1.22 bits per heavy atom. The second-order valence-electron chi connectivity index (χ2n) is 9.20. The van der Waals surface area contributed by atoms with Gasteiger partial charge in [0.1, 0.15) is 17.0 Å². The van der Waals surface area contributed by atoms with Crippen molar-refractivity contribution >= 4 is 28.0 Å². The number of nitrogens with zero attached hydrogens (tertiary/aromatic N) is 4. The fourth-order valence-corrected chi connectivity index (χ4v) is 5.31. The zero-order valence-electron chi connectivity index (χ0n) is 18.3. The molecule has 3 aromatic heterocycles. The van der Waals surface area contributed by atoms with Crippen molar-refractivity contribution in [2.45, 2.75) is 57.4 Å². The van der Waals surface area contributed by atoms with E-state index in [9.17, 15) is 4.79 Å². The zero-order chi connectivity index (χ0) is 21.9. The summed E-state index contributed by atoms with van der Waals surface area (Å²) in [7, 11) is 0. The van der Waals surface area contributed by atoms with Crippen molar-refractivity contribution in [3.05, 3.63) is 24.3 Å². The topological polar surface area (TPSA) is 109 Å². The highest BCUT2D eigenvalue weighted by Gasteiger charge is 2.27. The molecule has 1 saturated carbocycles. The normalized spacial score (nSPS) is 22.2. The summed E-state index contributed by atoms with van der Waals surface area (Å²) in [6.45, 7) is 2.26. The third kappa shape index (κ3) is 4.22. The first-order valence-electron chi connectivity index (χ1n) is 11.8. The van der Waals surface area contributed by atoms with Gasteiger partial charge >= 0.3 is 0 Å². The number of pyridine rings is 1. The third-order valence-corrected chi connectivity index (χ3v) is 7.12. The molecule has 168 valence electrons. The number of amides is 1. The number of H-pyrrole nitrogens is 1. The lowest BCUT2D eigenvalue weighted by Crippen LogP contribution is -2.33. The summed E-state index contributed by atoms with van der Waals surface area (Å²) in [6, 6.07) is 4.65. The molecule has 0 radical (unpaired) electrons. The lowest BCUT2D eigenvalue weighted by Gasteiger charge is -2.30. The van der Waals surface area contributed by atoms with E-state index >= 15 is 0 Å². The molecule has 1 aliphatic heterocycles. The van der Waals surface area contributed by atoms with E-state index in [1.54, 1.807) is 6.20 Å². The van der Waals surface area contributed by atoms with Crippen LogP contribution in [0.2, 0.25) is 0 Å². The summed E-state index contributed by atoms with van der Waals surface area (Å²) < 4.78 is 7.71. The summed E-state index contributed by atoms with van der Waals surface area (Å²) in [5, 5.41) is 13.2. The highest BCUT2D eigenvalue weighted by atomic mass is 16.5. The molecule has 8 heteroatoms. The number of aromatic nitrogens is 4. The molecule has 0 bridgehead atoms. The summed E-state index contributed by atoms with van der Waals surface area (Å²) in [4.78, 5) is 25.4. The molecule has 1 saturated heterocycles. The molecule has 8 nitrogen and oxygen atoms in total. The van der Waals surface area contributed by atoms with E-state index in [0.29, 0.717) is 24.8 Å². The Morgan fingerprint density at radius 2 is 2.03 bits per heavy atom. The van der Waals surface area contributed by atoms with E-state index < -0.39 is 0 Å². The molecule has 0 spiro atoms. The molecule has 0 aromatic carbocycles. The molecule has 0 unspecified atom stereocenters. The predicted octanol–water partition coefficient (Wildman–Crippen LogP) is 3.64. The van der Waals surface area contributed by atoms with Crippen molar-refractivity contribution in [2.75, 3.05) is 19.8 Å². The molecule has 5 rings (SSSR count). The van der Waals surface area contributed by atoms with Crippen LogP contribution in [0, 0.1) is 23.2 Å². The van der Waals surface area contributed by atoms with E-state index in [1.165, 1.54) is 0 Å². The van der Waals surface area contributed by atoms with Crippen molar-refractivity contribution in [3.63, 3.8) is 0 Å². The number of imidazole rings is 1. The van der Waals surface area contributed by atoms with Gasteiger partial charge in [-0.1, -0.05) is 0 Å². The smallest absolute Gasteiger partial charge is 0.227 e. The molecular weight excluding hydrogens is 404 g/mol. The van der Waals surface area contributed by atoms with Gasteiger partial charge in [-0.3, -0.25) is 4.79 Å². The van der Waals surface area contributed by atoms with Crippen molar-refractivity contribution in [3.8, 4) is 6.07 Å². The van der Waals surface area contributed by atoms with Crippen LogP contribution in [0.1, 0.15) is 56.8 Å². The Morgan fingerprint density at radius 3 is 2.81 bits per heavy atom. The number of aromatic amines is 1. The maximum absolute atomic E-state index is 12.9. The van der Waals surface area contributed by atoms with Gasteiger partial charge in [0.15, 0.2) is 0 Å². The Hall–Kier alpha value is -2.92. The fraction of sp³-hybridized carbons (Fsp3) is 0.583. The van der Waals surface area contributed by atoms with Gasteiger partial charge in [0.05, 0.1) is 24.2 Å². The van der Waals surface area contributed by atoms with Crippen molar-refractivity contribution in [1.82, 2.24) is 24.8 Å². The van der Waals surface area contributed by atoms with Crippen LogP contribution >= 0.6 is 0 Å². The average molecular weight is 435 g/mol. The predicted molar refractivity (Wildman–Crippen MR) is 121 cm³/mol. The number of nitriles is 1. The van der Waals surface area contributed by atoms with E-state index in [1.807, 2.05) is 12.3 Å². The number of fused-ring (bicyclic) bond motifs is 3. The van der Waals surface area contributed by atoms with Crippen LogP contribution in [0.4, 0.5) is 0 Å². The Kier molecular flexibility index (Phi) is 6.08. The van der Waals surface area contributed by atoms with E-state index in [-0.39, 0.29) is 18.4 Å². The van der Waals surface area contributed by atoms with Crippen LogP contribution in [0.25, 0.3) is 22.1 Å². The summed E-state index contributed by atoms with van der Waals surface area (Å²) in [5.41, 5.74) is 2.74. The summed E-state index contributed by atoms with van der Waals surface area (Å²) in [5.74, 6) is 1.80. The quantitative estimate of drug-likeness (QED) is 0.616. The number of carbonyl (C=O) groups excluding carboxylic acids is 1. The Bertz CT molecular complexity index is 1130. The Balaban J connectivity index is 1.41. The van der Waals surface area contributed by atoms with Gasteiger partial charge in [-0.15, -0.1) is 0 Å². The van der Waals surface area contributed by atoms with Crippen molar-refractivity contribution in [1.29, 1.82) is 5.26 Å². The number of carbonyl (C=O) groups is 1. The Labute approximate surface area is 187 Å². The van der Waals surface area contributed by atoms with Gasteiger partial charge in [-0.05, 0) is 56.4 Å². The first-order chi connectivity index (χ1) is 15.7. The van der Waals surface area contributed by atoms with E-state index in [2.05, 4.69) is 25.9 Å². The van der Waals surface area contributed by atoms with E-state index in [0.717, 1.165) is 79.6 Å². The van der Waals surface area contributed by atoms with Crippen LogP contribution in [-0.2, 0) is 16.0 Å². The van der Waals surface area contributed by atoms with Crippen molar-refractivity contribution < 1.29 is 9.53 Å². The van der Waals surface area contributed by atoms with E-state index in [4.69, 9.17) is 15.0 Å². The maximum atomic E-state index is 12.9. The first-order valence-corrected chi connectivity index (χ1v) is 11.8. The molecular formula is C24H30N6O2. The summed E-state index contributed by atoms with van der Waals surface area (Å²) in [6.07, 6.45) is 10.7. The highest BCUT2D eigenvalue weighted by Crippen LogP contribution is 2.38. The summed E-state index contributed by atoms with van der Waals surface area (Å²) >= 11 is 0. The molecule has 1 aliphatic carbocycles. The second kappa shape index (κ2) is 9.29.